The SMILES string of the molecule is CC(C)(C)OC(=O)N1C=CC=C(N)C1O. The molecule has 1 heterocycles. The lowest BCUT2D eigenvalue weighted by Crippen LogP contribution is -2.43. The maximum absolute atomic E-state index is 11.6. The van der Waals surface area contributed by atoms with Crippen molar-refractivity contribution in [1.82, 2.24) is 4.90 Å². The highest BCUT2D eigenvalue weighted by molar-refractivity contribution is 5.70. The lowest BCUT2D eigenvalue weighted by molar-refractivity contribution is -0.000990. The van der Waals surface area contributed by atoms with Crippen molar-refractivity contribution < 1.29 is 14.6 Å². The van der Waals surface area contributed by atoms with Gasteiger partial charge in [0, 0.05) is 6.20 Å². The molecule has 0 saturated heterocycles. The molecule has 1 rings (SSSR count). The van der Waals surface area contributed by atoms with Crippen molar-refractivity contribution in [3.05, 3.63) is 24.0 Å². The lowest BCUT2D eigenvalue weighted by Gasteiger charge is -2.29. The summed E-state index contributed by atoms with van der Waals surface area (Å²) < 4.78 is 5.09. The number of nitrogens with zero attached hydrogens (tertiary/aromatic N) is 1. The van der Waals surface area contributed by atoms with E-state index in [9.17, 15) is 9.90 Å². The van der Waals surface area contributed by atoms with Gasteiger partial charge in [-0.2, -0.15) is 0 Å². The van der Waals surface area contributed by atoms with Crippen LogP contribution in [0.4, 0.5) is 4.79 Å². The van der Waals surface area contributed by atoms with Gasteiger partial charge in [0.25, 0.3) is 0 Å². The van der Waals surface area contributed by atoms with Crippen LogP contribution in [0.25, 0.3) is 0 Å². The molecule has 15 heavy (non-hydrogen) atoms. The first-order valence-electron chi connectivity index (χ1n) is 4.64. The minimum absolute atomic E-state index is 0.211. The molecular formula is C10H16N2O3. The molecule has 0 aromatic carbocycles. The predicted octanol–water partition coefficient (Wildman–Crippen LogP) is 0.912. The van der Waals surface area contributed by atoms with Gasteiger partial charge in [0.05, 0.1) is 5.70 Å². The summed E-state index contributed by atoms with van der Waals surface area (Å²) >= 11 is 0. The van der Waals surface area contributed by atoms with Gasteiger partial charge < -0.3 is 15.6 Å². The molecular weight excluding hydrogens is 196 g/mol. The number of allylic oxidation sites excluding steroid dienone is 2. The molecule has 1 unspecified atom stereocenters. The van der Waals surface area contributed by atoms with E-state index in [4.69, 9.17) is 10.5 Å². The second kappa shape index (κ2) is 3.94. The molecule has 1 atom stereocenters. The minimum Gasteiger partial charge on any atom is -0.443 e. The lowest BCUT2D eigenvalue weighted by atomic mass is 10.2. The van der Waals surface area contributed by atoms with E-state index in [-0.39, 0.29) is 5.70 Å². The molecule has 3 N–H and O–H groups in total. The van der Waals surface area contributed by atoms with Crippen molar-refractivity contribution in [2.75, 3.05) is 0 Å². The third-order valence-electron chi connectivity index (χ3n) is 1.70. The standard InChI is InChI=1S/C10H16N2O3/c1-10(2,3)15-9(14)12-6-4-5-7(11)8(12)13/h4-6,8,13H,11H2,1-3H3. The van der Waals surface area contributed by atoms with Gasteiger partial charge in [0.1, 0.15) is 5.60 Å². The van der Waals surface area contributed by atoms with Crippen LogP contribution in [-0.4, -0.2) is 27.9 Å². The molecule has 0 aromatic heterocycles. The van der Waals surface area contributed by atoms with Crippen molar-refractivity contribution in [2.45, 2.75) is 32.6 Å². The first-order chi connectivity index (χ1) is 6.81. The summed E-state index contributed by atoms with van der Waals surface area (Å²) in [6.45, 7) is 5.26. The molecule has 84 valence electrons. The van der Waals surface area contributed by atoms with Crippen molar-refractivity contribution in [2.24, 2.45) is 5.73 Å². The third-order valence-corrected chi connectivity index (χ3v) is 1.70. The molecule has 0 saturated carbocycles. The fourth-order valence-electron chi connectivity index (χ4n) is 1.05. The first-order valence-corrected chi connectivity index (χ1v) is 4.64. The Labute approximate surface area is 88.8 Å². The van der Waals surface area contributed by atoms with Crippen molar-refractivity contribution in [1.29, 1.82) is 0 Å². The van der Waals surface area contributed by atoms with Crippen LogP contribution in [0.3, 0.4) is 0 Å². The third kappa shape index (κ3) is 2.99. The van der Waals surface area contributed by atoms with Gasteiger partial charge in [0.15, 0.2) is 6.23 Å². The summed E-state index contributed by atoms with van der Waals surface area (Å²) in [4.78, 5) is 12.6. The number of carbonyl (C=O) groups excluding carboxylic acids is 1. The Kier molecular flexibility index (Phi) is 3.04. The maximum atomic E-state index is 11.6. The van der Waals surface area contributed by atoms with Crippen molar-refractivity contribution in [3.63, 3.8) is 0 Å². The average Bonchev–Trinajstić information content (AvgIpc) is 2.06. The Morgan fingerprint density at radius 1 is 1.60 bits per heavy atom. The van der Waals surface area contributed by atoms with Gasteiger partial charge in [-0.15, -0.1) is 0 Å². The van der Waals surface area contributed by atoms with Crippen LogP contribution in [0.15, 0.2) is 24.0 Å². The molecule has 1 amide bonds. The fraction of sp³-hybridized carbons (Fsp3) is 0.500. The number of rotatable bonds is 0. The zero-order valence-electron chi connectivity index (χ0n) is 9.10. The summed E-state index contributed by atoms with van der Waals surface area (Å²) in [5.74, 6) is 0. The highest BCUT2D eigenvalue weighted by atomic mass is 16.6. The van der Waals surface area contributed by atoms with Crippen LogP contribution in [0.2, 0.25) is 0 Å². The molecule has 0 radical (unpaired) electrons. The van der Waals surface area contributed by atoms with E-state index in [0.29, 0.717) is 0 Å². The van der Waals surface area contributed by atoms with E-state index < -0.39 is 17.9 Å². The normalized spacial score (nSPS) is 21.2. The topological polar surface area (TPSA) is 75.8 Å². The van der Waals surface area contributed by atoms with Crippen LogP contribution >= 0.6 is 0 Å². The Balaban J connectivity index is 2.70. The summed E-state index contributed by atoms with van der Waals surface area (Å²) in [6.07, 6.45) is 2.76. The molecule has 0 spiro atoms. The van der Waals surface area contributed by atoms with Crippen LogP contribution in [0.5, 0.6) is 0 Å². The van der Waals surface area contributed by atoms with Gasteiger partial charge >= 0.3 is 6.09 Å². The summed E-state index contributed by atoms with van der Waals surface area (Å²) in [6, 6.07) is 0. The van der Waals surface area contributed by atoms with Gasteiger partial charge in [-0.05, 0) is 32.9 Å². The molecule has 5 heteroatoms. The van der Waals surface area contributed by atoms with E-state index in [1.54, 1.807) is 26.8 Å². The Hall–Kier alpha value is -1.49. The molecule has 0 fully saturated rings. The predicted molar refractivity (Wildman–Crippen MR) is 55.5 cm³/mol. The van der Waals surface area contributed by atoms with Gasteiger partial charge in [0.2, 0.25) is 0 Å². The first kappa shape index (κ1) is 11.6. The van der Waals surface area contributed by atoms with E-state index in [2.05, 4.69) is 0 Å². The van der Waals surface area contributed by atoms with Crippen LogP contribution in [0, 0.1) is 0 Å². The van der Waals surface area contributed by atoms with Crippen LogP contribution in [0.1, 0.15) is 20.8 Å². The zero-order chi connectivity index (χ0) is 11.6. The fourth-order valence-corrected chi connectivity index (χ4v) is 1.05. The van der Waals surface area contributed by atoms with Gasteiger partial charge in [-0.25, -0.2) is 4.79 Å². The van der Waals surface area contributed by atoms with Crippen LogP contribution < -0.4 is 5.73 Å². The number of nitrogens with two attached hydrogens (primary N) is 1. The second-order valence-electron chi connectivity index (χ2n) is 4.27. The van der Waals surface area contributed by atoms with E-state index in [1.807, 2.05) is 0 Å². The number of hydrogen-bond donors (Lipinski definition) is 2. The van der Waals surface area contributed by atoms with Crippen molar-refractivity contribution in [3.8, 4) is 0 Å². The van der Waals surface area contributed by atoms with Gasteiger partial charge in [-0.3, -0.25) is 4.90 Å². The molecule has 1 aliphatic heterocycles. The number of aliphatic hydroxyl groups excluding tert-OH is 1. The number of amides is 1. The van der Waals surface area contributed by atoms with E-state index >= 15 is 0 Å². The highest BCUT2D eigenvalue weighted by Gasteiger charge is 2.27. The maximum Gasteiger partial charge on any atom is 0.416 e. The summed E-state index contributed by atoms with van der Waals surface area (Å²) in [5.41, 5.74) is 5.10. The Morgan fingerprint density at radius 2 is 2.20 bits per heavy atom. The quantitative estimate of drug-likeness (QED) is 0.625. The molecule has 0 bridgehead atoms. The highest BCUT2D eigenvalue weighted by Crippen LogP contribution is 2.15. The molecule has 0 aromatic rings. The van der Waals surface area contributed by atoms with E-state index in [1.165, 1.54) is 12.3 Å². The largest absolute Gasteiger partial charge is 0.443 e. The molecule has 5 nitrogen and oxygen atoms in total. The van der Waals surface area contributed by atoms with Crippen molar-refractivity contribution >= 4 is 6.09 Å². The average molecular weight is 212 g/mol. The molecule has 1 aliphatic rings. The zero-order valence-corrected chi connectivity index (χ0v) is 9.10. The number of ether oxygens (including phenoxy) is 1. The van der Waals surface area contributed by atoms with E-state index in [0.717, 1.165) is 4.90 Å². The number of aliphatic hydroxyl groups is 1. The smallest absolute Gasteiger partial charge is 0.416 e. The Bertz CT molecular complexity index is 315. The van der Waals surface area contributed by atoms with Gasteiger partial charge in [-0.1, -0.05) is 0 Å². The summed E-state index contributed by atoms with van der Waals surface area (Å²) in [7, 11) is 0. The van der Waals surface area contributed by atoms with Crippen LogP contribution in [-0.2, 0) is 4.74 Å². The summed E-state index contributed by atoms with van der Waals surface area (Å²) in [5, 5.41) is 9.59. The number of carbonyl (C=O) groups is 1. The monoisotopic (exact) mass is 212 g/mol. The number of hydrogen-bond acceptors (Lipinski definition) is 4. The Morgan fingerprint density at radius 3 is 2.73 bits per heavy atom. The second-order valence-corrected chi connectivity index (χ2v) is 4.27. The minimum atomic E-state index is -1.15. The molecule has 0 aliphatic carbocycles.